The first kappa shape index (κ1) is 18.9. The van der Waals surface area contributed by atoms with Crippen LogP contribution in [0.25, 0.3) is 0 Å². The lowest BCUT2D eigenvalue weighted by molar-refractivity contribution is -0.148. The number of likely N-dealkylation sites (tertiary alicyclic amines) is 3. The van der Waals surface area contributed by atoms with Gasteiger partial charge < -0.3 is 14.9 Å². The van der Waals surface area contributed by atoms with Gasteiger partial charge in [-0.1, -0.05) is 30.3 Å². The van der Waals surface area contributed by atoms with Crippen LogP contribution in [0.5, 0.6) is 0 Å². The summed E-state index contributed by atoms with van der Waals surface area (Å²) in [6, 6.07) is 11.4. The maximum atomic E-state index is 12.6. The SMILES string of the molecule is O=C([C@@H]1CCCN(C2CCN(CCc3ccccc3)CC2)C1)N1CC(O)C1. The number of β-amino-alcohol motifs (C(OH)–C–C–N with tert-alkyl or cyclic N) is 1. The molecule has 3 heterocycles. The zero-order valence-electron chi connectivity index (χ0n) is 16.3. The van der Waals surface area contributed by atoms with E-state index in [1.807, 2.05) is 4.90 Å². The number of aliphatic hydroxyl groups excluding tert-OH is 1. The van der Waals surface area contributed by atoms with Gasteiger partial charge in [0, 0.05) is 32.2 Å². The van der Waals surface area contributed by atoms with Gasteiger partial charge in [0.2, 0.25) is 5.91 Å². The van der Waals surface area contributed by atoms with Gasteiger partial charge in [-0.2, -0.15) is 0 Å². The van der Waals surface area contributed by atoms with Crippen molar-refractivity contribution in [3.8, 4) is 0 Å². The molecule has 0 spiro atoms. The van der Waals surface area contributed by atoms with Gasteiger partial charge in [0.05, 0.1) is 12.0 Å². The van der Waals surface area contributed by atoms with E-state index >= 15 is 0 Å². The molecule has 5 nitrogen and oxygen atoms in total. The number of benzene rings is 1. The second kappa shape index (κ2) is 8.72. The summed E-state index contributed by atoms with van der Waals surface area (Å²) in [5, 5.41) is 9.45. The minimum absolute atomic E-state index is 0.141. The molecule has 148 valence electrons. The van der Waals surface area contributed by atoms with E-state index in [0.717, 1.165) is 38.9 Å². The maximum absolute atomic E-state index is 12.6. The molecule has 0 aromatic heterocycles. The van der Waals surface area contributed by atoms with Crippen LogP contribution < -0.4 is 0 Å². The van der Waals surface area contributed by atoms with Crippen molar-refractivity contribution < 1.29 is 9.90 Å². The summed E-state index contributed by atoms with van der Waals surface area (Å²) >= 11 is 0. The summed E-state index contributed by atoms with van der Waals surface area (Å²) in [6.45, 7) is 6.62. The summed E-state index contributed by atoms with van der Waals surface area (Å²) < 4.78 is 0. The Morgan fingerprint density at radius 3 is 2.44 bits per heavy atom. The van der Waals surface area contributed by atoms with E-state index < -0.39 is 0 Å². The molecular formula is C22H33N3O2. The average molecular weight is 372 g/mol. The number of carbonyl (C=O) groups excluding carboxylic acids is 1. The van der Waals surface area contributed by atoms with Crippen molar-refractivity contribution in [3.05, 3.63) is 35.9 Å². The summed E-state index contributed by atoms with van der Waals surface area (Å²) in [5.41, 5.74) is 1.42. The van der Waals surface area contributed by atoms with Crippen molar-refractivity contribution in [2.24, 2.45) is 5.92 Å². The van der Waals surface area contributed by atoms with E-state index in [2.05, 4.69) is 40.1 Å². The number of hydrogen-bond donors (Lipinski definition) is 1. The number of amides is 1. The Labute approximate surface area is 162 Å². The Morgan fingerprint density at radius 1 is 1.00 bits per heavy atom. The predicted molar refractivity (Wildman–Crippen MR) is 106 cm³/mol. The van der Waals surface area contributed by atoms with Gasteiger partial charge in [0.25, 0.3) is 0 Å². The number of rotatable bonds is 5. The summed E-state index contributed by atoms with van der Waals surface area (Å²) in [6.07, 6.45) is 5.41. The Hall–Kier alpha value is -1.43. The van der Waals surface area contributed by atoms with Crippen LogP contribution in [0.4, 0.5) is 0 Å². The lowest BCUT2D eigenvalue weighted by Crippen LogP contribution is -2.58. The minimum atomic E-state index is -0.297. The Bertz CT molecular complexity index is 609. The first-order chi connectivity index (χ1) is 13.2. The molecule has 0 aliphatic carbocycles. The van der Waals surface area contributed by atoms with E-state index in [4.69, 9.17) is 0 Å². The molecule has 1 aromatic carbocycles. The fourth-order valence-corrected chi connectivity index (χ4v) is 4.87. The molecule has 5 heteroatoms. The van der Waals surface area contributed by atoms with E-state index in [1.54, 1.807) is 0 Å². The number of carbonyl (C=O) groups is 1. The standard InChI is InChI=1S/C22H33N3O2/c26-21-16-25(17-21)22(27)19-7-4-11-24(15-19)20-9-13-23(14-10-20)12-8-18-5-2-1-3-6-18/h1-3,5-6,19-21,26H,4,7-17H2/t19-/m1/s1. The van der Waals surface area contributed by atoms with Gasteiger partial charge in [-0.3, -0.25) is 9.69 Å². The largest absolute Gasteiger partial charge is 0.389 e. The second-order valence-corrected chi connectivity index (χ2v) is 8.54. The Morgan fingerprint density at radius 2 is 1.74 bits per heavy atom. The molecule has 0 bridgehead atoms. The topological polar surface area (TPSA) is 47.0 Å². The van der Waals surface area contributed by atoms with Crippen LogP contribution in [-0.4, -0.2) is 83.7 Å². The van der Waals surface area contributed by atoms with Crippen molar-refractivity contribution in [2.75, 3.05) is 45.8 Å². The van der Waals surface area contributed by atoms with Gasteiger partial charge in [-0.05, 0) is 57.3 Å². The lowest BCUT2D eigenvalue weighted by atomic mass is 9.92. The van der Waals surface area contributed by atoms with Crippen LogP contribution >= 0.6 is 0 Å². The van der Waals surface area contributed by atoms with Crippen LogP contribution in [0.2, 0.25) is 0 Å². The molecule has 1 atom stereocenters. The quantitative estimate of drug-likeness (QED) is 0.854. The van der Waals surface area contributed by atoms with Crippen LogP contribution in [0.1, 0.15) is 31.2 Å². The van der Waals surface area contributed by atoms with E-state index in [9.17, 15) is 9.90 Å². The molecule has 3 aliphatic rings. The summed E-state index contributed by atoms with van der Waals surface area (Å²) in [4.78, 5) is 19.6. The van der Waals surface area contributed by atoms with Gasteiger partial charge in [-0.15, -0.1) is 0 Å². The minimum Gasteiger partial charge on any atom is -0.389 e. The van der Waals surface area contributed by atoms with E-state index in [-0.39, 0.29) is 17.9 Å². The van der Waals surface area contributed by atoms with Crippen LogP contribution in [0.15, 0.2) is 30.3 Å². The first-order valence-electron chi connectivity index (χ1n) is 10.7. The molecule has 1 amide bonds. The van der Waals surface area contributed by atoms with Crippen molar-refractivity contribution in [2.45, 2.75) is 44.2 Å². The van der Waals surface area contributed by atoms with Crippen LogP contribution in [0, 0.1) is 5.92 Å². The second-order valence-electron chi connectivity index (χ2n) is 8.54. The van der Waals surface area contributed by atoms with E-state index in [0.29, 0.717) is 19.1 Å². The molecule has 27 heavy (non-hydrogen) atoms. The highest BCUT2D eigenvalue weighted by Gasteiger charge is 2.37. The molecule has 4 rings (SSSR count). The van der Waals surface area contributed by atoms with Crippen molar-refractivity contribution >= 4 is 5.91 Å². The maximum Gasteiger partial charge on any atom is 0.227 e. The molecule has 1 N–H and O–H groups in total. The molecule has 0 saturated carbocycles. The predicted octanol–water partition coefficient (Wildman–Crippen LogP) is 1.61. The average Bonchev–Trinajstić information content (AvgIpc) is 2.71. The highest BCUT2D eigenvalue weighted by Crippen LogP contribution is 2.26. The van der Waals surface area contributed by atoms with Crippen molar-refractivity contribution in [3.63, 3.8) is 0 Å². The normalized spacial score (nSPS) is 26.1. The summed E-state index contributed by atoms with van der Waals surface area (Å²) in [7, 11) is 0. The summed E-state index contributed by atoms with van der Waals surface area (Å²) in [5.74, 6) is 0.410. The van der Waals surface area contributed by atoms with Gasteiger partial charge in [0.1, 0.15) is 0 Å². The Balaban J connectivity index is 1.21. The first-order valence-corrected chi connectivity index (χ1v) is 10.7. The van der Waals surface area contributed by atoms with E-state index in [1.165, 1.54) is 31.5 Å². The molecule has 0 radical (unpaired) electrons. The van der Waals surface area contributed by atoms with Crippen molar-refractivity contribution in [1.82, 2.24) is 14.7 Å². The van der Waals surface area contributed by atoms with Gasteiger partial charge in [-0.25, -0.2) is 0 Å². The molecular weight excluding hydrogens is 338 g/mol. The number of piperidine rings is 2. The highest BCUT2D eigenvalue weighted by atomic mass is 16.3. The monoisotopic (exact) mass is 371 g/mol. The molecule has 0 unspecified atom stereocenters. The van der Waals surface area contributed by atoms with Gasteiger partial charge >= 0.3 is 0 Å². The fraction of sp³-hybridized carbons (Fsp3) is 0.682. The van der Waals surface area contributed by atoms with Crippen molar-refractivity contribution in [1.29, 1.82) is 0 Å². The molecule has 3 saturated heterocycles. The third-order valence-corrected chi connectivity index (χ3v) is 6.61. The molecule has 1 aromatic rings. The smallest absolute Gasteiger partial charge is 0.227 e. The zero-order valence-corrected chi connectivity index (χ0v) is 16.3. The zero-order chi connectivity index (χ0) is 18.6. The number of aliphatic hydroxyl groups is 1. The van der Waals surface area contributed by atoms with Crippen LogP contribution in [0.3, 0.4) is 0 Å². The molecule has 3 fully saturated rings. The third kappa shape index (κ3) is 4.71. The van der Waals surface area contributed by atoms with Crippen LogP contribution in [-0.2, 0) is 11.2 Å². The number of hydrogen-bond acceptors (Lipinski definition) is 4. The highest BCUT2D eigenvalue weighted by molar-refractivity contribution is 5.80. The number of nitrogens with zero attached hydrogens (tertiary/aromatic N) is 3. The Kier molecular flexibility index (Phi) is 6.11. The lowest BCUT2D eigenvalue weighted by Gasteiger charge is -2.44. The third-order valence-electron chi connectivity index (χ3n) is 6.61. The van der Waals surface area contributed by atoms with Gasteiger partial charge in [0.15, 0.2) is 0 Å². The molecule has 3 aliphatic heterocycles. The fourth-order valence-electron chi connectivity index (χ4n) is 4.87.